The van der Waals surface area contributed by atoms with Gasteiger partial charge in [0.25, 0.3) is 0 Å². The third-order valence-corrected chi connectivity index (χ3v) is 4.41. The molecular weight excluding hydrogens is 315 g/mol. The Hall–Kier alpha value is -2.30. The molecule has 24 heavy (non-hydrogen) atoms. The molecule has 1 atom stereocenters. The zero-order valence-electron chi connectivity index (χ0n) is 13.3. The quantitative estimate of drug-likeness (QED) is 0.803. The number of aryl methyl sites for hydroxylation is 1. The molecule has 0 spiro atoms. The van der Waals surface area contributed by atoms with Crippen molar-refractivity contribution in [2.45, 2.75) is 38.4 Å². The van der Waals surface area contributed by atoms with E-state index in [1.54, 1.807) is 11.0 Å². The Balaban J connectivity index is 1.76. The lowest BCUT2D eigenvalue weighted by Gasteiger charge is -2.23. The second kappa shape index (κ2) is 6.30. The average molecular weight is 333 g/mol. The van der Waals surface area contributed by atoms with E-state index in [9.17, 15) is 18.0 Å². The van der Waals surface area contributed by atoms with Crippen LogP contribution in [-0.2, 0) is 23.8 Å². The first kappa shape index (κ1) is 16.6. The molecule has 0 N–H and O–H groups in total. The summed E-state index contributed by atoms with van der Waals surface area (Å²) in [4.78, 5) is 14.3. The van der Waals surface area contributed by atoms with E-state index in [0.29, 0.717) is 0 Å². The number of para-hydroxylation sites is 1. The second-order valence-corrected chi connectivity index (χ2v) is 6.10. The number of alkyl halides is 3. The number of fused-ring (bicyclic) bond motifs is 1. The summed E-state index contributed by atoms with van der Waals surface area (Å²) in [5.74, 6) is -0.135. The van der Waals surface area contributed by atoms with Crippen LogP contribution in [0.15, 0.2) is 48.5 Å². The molecule has 0 saturated carbocycles. The predicted molar refractivity (Wildman–Crippen MR) is 86.9 cm³/mol. The van der Waals surface area contributed by atoms with E-state index in [4.69, 9.17) is 0 Å². The van der Waals surface area contributed by atoms with Gasteiger partial charge in [-0.1, -0.05) is 36.4 Å². The summed E-state index contributed by atoms with van der Waals surface area (Å²) in [6.45, 7) is 1.96. The molecule has 1 unspecified atom stereocenters. The maximum atomic E-state index is 13.0. The van der Waals surface area contributed by atoms with Crippen molar-refractivity contribution in [3.05, 3.63) is 65.2 Å². The topological polar surface area (TPSA) is 20.3 Å². The number of anilines is 1. The molecule has 0 bridgehead atoms. The van der Waals surface area contributed by atoms with Crippen LogP contribution in [0, 0.1) is 0 Å². The van der Waals surface area contributed by atoms with Crippen LogP contribution in [0.2, 0.25) is 0 Å². The molecule has 0 saturated heterocycles. The van der Waals surface area contributed by atoms with Crippen LogP contribution in [0.25, 0.3) is 0 Å². The molecule has 0 radical (unpaired) electrons. The highest BCUT2D eigenvalue weighted by molar-refractivity contribution is 5.96. The van der Waals surface area contributed by atoms with Gasteiger partial charge in [0.15, 0.2) is 0 Å². The summed E-state index contributed by atoms with van der Waals surface area (Å²) in [6, 6.07) is 13.2. The minimum absolute atomic E-state index is 0.0350. The van der Waals surface area contributed by atoms with Crippen molar-refractivity contribution < 1.29 is 18.0 Å². The Morgan fingerprint density at radius 2 is 1.79 bits per heavy atom. The predicted octanol–water partition coefficient (Wildman–Crippen LogP) is 4.62. The van der Waals surface area contributed by atoms with Gasteiger partial charge < -0.3 is 4.90 Å². The number of rotatable bonds is 3. The first-order valence-electron chi connectivity index (χ1n) is 7.93. The fourth-order valence-electron chi connectivity index (χ4n) is 3.32. The number of amides is 1. The van der Waals surface area contributed by atoms with Crippen molar-refractivity contribution in [2.24, 2.45) is 0 Å². The van der Waals surface area contributed by atoms with Gasteiger partial charge in [-0.3, -0.25) is 4.79 Å². The lowest BCUT2D eigenvalue weighted by atomic mass is 10.0. The van der Waals surface area contributed by atoms with Crippen LogP contribution in [0.5, 0.6) is 0 Å². The molecule has 0 aliphatic carbocycles. The van der Waals surface area contributed by atoms with E-state index in [0.717, 1.165) is 23.7 Å². The van der Waals surface area contributed by atoms with Crippen LogP contribution in [-0.4, -0.2) is 11.9 Å². The van der Waals surface area contributed by atoms with Crippen LogP contribution < -0.4 is 4.90 Å². The normalized spacial score (nSPS) is 17.0. The number of hydrogen-bond donors (Lipinski definition) is 0. The van der Waals surface area contributed by atoms with Crippen molar-refractivity contribution in [3.8, 4) is 0 Å². The molecule has 3 rings (SSSR count). The van der Waals surface area contributed by atoms with Crippen molar-refractivity contribution >= 4 is 11.6 Å². The number of carbonyl (C=O) groups excluding carboxylic acids is 1. The van der Waals surface area contributed by atoms with Gasteiger partial charge in [0.2, 0.25) is 5.91 Å². The number of nitrogens with zero attached hydrogens (tertiary/aromatic N) is 1. The van der Waals surface area contributed by atoms with Gasteiger partial charge in [-0.2, -0.15) is 13.2 Å². The Bertz CT molecular complexity index is 754. The molecule has 0 fully saturated rings. The fourth-order valence-corrected chi connectivity index (χ4v) is 3.32. The molecule has 2 nitrogen and oxygen atoms in total. The van der Waals surface area contributed by atoms with Crippen LogP contribution >= 0.6 is 0 Å². The Kier molecular flexibility index (Phi) is 4.35. The maximum absolute atomic E-state index is 13.0. The molecule has 1 aliphatic heterocycles. The summed E-state index contributed by atoms with van der Waals surface area (Å²) >= 11 is 0. The summed E-state index contributed by atoms with van der Waals surface area (Å²) in [6.07, 6.45) is -3.47. The average Bonchev–Trinajstić information content (AvgIpc) is 2.88. The van der Waals surface area contributed by atoms with Crippen LogP contribution in [0.3, 0.4) is 0 Å². The van der Waals surface area contributed by atoms with Crippen molar-refractivity contribution in [2.75, 3.05) is 4.90 Å². The van der Waals surface area contributed by atoms with Crippen LogP contribution in [0.1, 0.15) is 30.0 Å². The molecule has 1 amide bonds. The number of carbonyl (C=O) groups is 1. The van der Waals surface area contributed by atoms with E-state index in [2.05, 4.69) is 0 Å². The summed E-state index contributed by atoms with van der Waals surface area (Å²) < 4.78 is 39.1. The first-order valence-corrected chi connectivity index (χ1v) is 7.93. The Morgan fingerprint density at radius 3 is 2.54 bits per heavy atom. The minimum Gasteiger partial charge on any atom is -0.309 e. The molecule has 0 aromatic heterocycles. The fraction of sp³-hybridized carbons (Fsp3) is 0.316. The van der Waals surface area contributed by atoms with Gasteiger partial charge in [0, 0.05) is 18.2 Å². The molecule has 126 valence electrons. The highest BCUT2D eigenvalue weighted by atomic mass is 19.4. The smallest absolute Gasteiger partial charge is 0.309 e. The standard InChI is InChI=1S/C19H18F3NO/c1-13-12-15-7-3-5-9-17(15)23(13)18(24)11-10-14-6-2-4-8-16(14)19(20,21)22/h2-9,13H,10-12H2,1H3. The van der Waals surface area contributed by atoms with E-state index < -0.39 is 11.7 Å². The highest BCUT2D eigenvalue weighted by Crippen LogP contribution is 2.34. The summed E-state index contributed by atoms with van der Waals surface area (Å²) in [5, 5.41) is 0. The minimum atomic E-state index is -4.40. The number of hydrogen-bond acceptors (Lipinski definition) is 1. The zero-order valence-corrected chi connectivity index (χ0v) is 13.3. The SMILES string of the molecule is CC1Cc2ccccc2N1C(=O)CCc1ccccc1C(F)(F)F. The molecule has 2 aromatic rings. The number of halogens is 3. The molecule has 1 aliphatic rings. The second-order valence-electron chi connectivity index (χ2n) is 6.10. The molecular formula is C19H18F3NO. The number of benzene rings is 2. The Morgan fingerprint density at radius 1 is 1.12 bits per heavy atom. The molecule has 2 aromatic carbocycles. The van der Waals surface area contributed by atoms with Gasteiger partial charge in [0.1, 0.15) is 0 Å². The lowest BCUT2D eigenvalue weighted by Crippen LogP contribution is -2.35. The zero-order chi connectivity index (χ0) is 17.3. The van der Waals surface area contributed by atoms with Gasteiger partial charge in [-0.25, -0.2) is 0 Å². The van der Waals surface area contributed by atoms with Gasteiger partial charge in [-0.05, 0) is 43.0 Å². The van der Waals surface area contributed by atoms with Crippen molar-refractivity contribution in [3.63, 3.8) is 0 Å². The first-order chi connectivity index (χ1) is 11.4. The molecule has 1 heterocycles. The highest BCUT2D eigenvalue weighted by Gasteiger charge is 2.34. The Labute approximate surface area is 138 Å². The van der Waals surface area contributed by atoms with E-state index in [1.165, 1.54) is 12.1 Å². The van der Waals surface area contributed by atoms with Gasteiger partial charge >= 0.3 is 6.18 Å². The molecule has 5 heteroatoms. The largest absolute Gasteiger partial charge is 0.416 e. The lowest BCUT2D eigenvalue weighted by molar-refractivity contribution is -0.138. The third-order valence-electron chi connectivity index (χ3n) is 4.41. The van der Waals surface area contributed by atoms with E-state index >= 15 is 0 Å². The van der Waals surface area contributed by atoms with E-state index in [-0.39, 0.29) is 30.4 Å². The van der Waals surface area contributed by atoms with E-state index in [1.807, 2.05) is 31.2 Å². The van der Waals surface area contributed by atoms with Crippen molar-refractivity contribution in [1.29, 1.82) is 0 Å². The van der Waals surface area contributed by atoms with Crippen LogP contribution in [0.4, 0.5) is 18.9 Å². The maximum Gasteiger partial charge on any atom is 0.416 e. The third kappa shape index (κ3) is 3.16. The monoisotopic (exact) mass is 333 g/mol. The van der Waals surface area contributed by atoms with Gasteiger partial charge in [0.05, 0.1) is 5.56 Å². The summed E-state index contributed by atoms with van der Waals surface area (Å²) in [5.41, 5.74) is 1.49. The van der Waals surface area contributed by atoms with Gasteiger partial charge in [-0.15, -0.1) is 0 Å². The summed E-state index contributed by atoms with van der Waals surface area (Å²) in [7, 11) is 0. The van der Waals surface area contributed by atoms with Crippen molar-refractivity contribution in [1.82, 2.24) is 0 Å².